The summed E-state index contributed by atoms with van der Waals surface area (Å²) >= 11 is 0. The lowest BCUT2D eigenvalue weighted by molar-refractivity contribution is -0.143. The average molecular weight is 917 g/mol. The molecule has 0 aliphatic heterocycles. The molecule has 0 saturated heterocycles. The summed E-state index contributed by atoms with van der Waals surface area (Å²) in [5.74, 6) is -0.0647. The van der Waals surface area contributed by atoms with E-state index in [1.54, 1.807) is 0 Å². The van der Waals surface area contributed by atoms with Crippen LogP contribution >= 0.6 is 0 Å². The van der Waals surface area contributed by atoms with Crippen LogP contribution in [-0.2, 0) is 14.3 Å². The molecule has 65 heavy (non-hydrogen) atoms. The van der Waals surface area contributed by atoms with Crippen LogP contribution in [0.3, 0.4) is 0 Å². The first kappa shape index (κ1) is 63.3. The number of aliphatic hydroxyl groups excluding tert-OH is 2. The Kier molecular flexibility index (Phi) is 53.5. The van der Waals surface area contributed by atoms with Gasteiger partial charge in [0.05, 0.1) is 25.4 Å². The smallest absolute Gasteiger partial charge is 0.305 e. The summed E-state index contributed by atoms with van der Waals surface area (Å²) in [4.78, 5) is 24.5. The van der Waals surface area contributed by atoms with E-state index < -0.39 is 12.1 Å². The summed E-state index contributed by atoms with van der Waals surface area (Å²) in [5.41, 5.74) is 0. The van der Waals surface area contributed by atoms with Crippen molar-refractivity contribution in [2.24, 2.45) is 0 Å². The molecule has 0 aromatic heterocycles. The van der Waals surface area contributed by atoms with E-state index in [0.29, 0.717) is 25.9 Å². The maximum absolute atomic E-state index is 12.5. The third kappa shape index (κ3) is 51.6. The van der Waals surface area contributed by atoms with E-state index in [0.717, 1.165) is 57.8 Å². The van der Waals surface area contributed by atoms with Gasteiger partial charge in [-0.3, -0.25) is 9.59 Å². The standard InChI is InChI=1S/C59H113NO5/c1-3-5-7-9-11-13-15-17-19-20-21-22-23-25-27-31-35-39-43-47-51-57(62)56(55-61)60-58(63)52-48-44-40-36-32-28-26-30-34-38-42-46-50-54-65-59(64)53-49-45-41-37-33-29-24-18-16-14-12-10-8-6-4-2/h12,14,18,24,56-57,61-62H,3-11,13,15-17,19-23,25-55H2,1-2H3,(H,60,63)/b14-12-,24-18-. The Labute approximate surface area is 405 Å². The molecule has 0 radical (unpaired) electrons. The SMILES string of the molecule is CCCCC/C=C\C/C=C\CCCCCCCC(=O)OCCCCCCCCCCCCCCCC(=O)NC(CO)C(O)CCCCCCCCCCCCCCCCCCCCCC. The normalized spacial score (nSPS) is 12.7. The molecule has 0 aliphatic carbocycles. The Balaban J connectivity index is 3.46. The van der Waals surface area contributed by atoms with Crippen molar-refractivity contribution in [3.8, 4) is 0 Å². The largest absolute Gasteiger partial charge is 0.466 e. The second kappa shape index (κ2) is 54.9. The molecular weight excluding hydrogens is 803 g/mol. The van der Waals surface area contributed by atoms with Gasteiger partial charge in [-0.05, 0) is 57.8 Å². The molecule has 3 N–H and O–H groups in total. The second-order valence-electron chi connectivity index (χ2n) is 20.0. The maximum Gasteiger partial charge on any atom is 0.305 e. The number of carbonyl (C=O) groups excluding carboxylic acids is 2. The minimum Gasteiger partial charge on any atom is -0.466 e. The maximum atomic E-state index is 12.5. The third-order valence-corrected chi connectivity index (χ3v) is 13.5. The molecule has 0 heterocycles. The molecule has 0 bridgehead atoms. The van der Waals surface area contributed by atoms with Gasteiger partial charge in [0.1, 0.15) is 0 Å². The van der Waals surface area contributed by atoms with Crippen LogP contribution in [0.1, 0.15) is 316 Å². The van der Waals surface area contributed by atoms with E-state index in [1.807, 2.05) is 0 Å². The molecule has 0 aromatic rings. The lowest BCUT2D eigenvalue weighted by Crippen LogP contribution is -2.45. The summed E-state index contributed by atoms with van der Waals surface area (Å²) in [6.45, 7) is 4.91. The van der Waals surface area contributed by atoms with Crippen molar-refractivity contribution in [2.75, 3.05) is 13.2 Å². The summed E-state index contributed by atoms with van der Waals surface area (Å²) in [5, 5.41) is 23.3. The summed E-state index contributed by atoms with van der Waals surface area (Å²) in [6.07, 6.45) is 65.9. The summed E-state index contributed by atoms with van der Waals surface area (Å²) in [7, 11) is 0. The molecule has 1 amide bonds. The van der Waals surface area contributed by atoms with Gasteiger partial charge >= 0.3 is 5.97 Å². The molecule has 0 fully saturated rings. The van der Waals surface area contributed by atoms with Gasteiger partial charge in [0.25, 0.3) is 0 Å². The Morgan fingerprint density at radius 2 is 0.769 bits per heavy atom. The van der Waals surface area contributed by atoms with E-state index in [4.69, 9.17) is 4.74 Å². The van der Waals surface area contributed by atoms with Crippen LogP contribution in [0.2, 0.25) is 0 Å². The van der Waals surface area contributed by atoms with Crippen molar-refractivity contribution >= 4 is 11.9 Å². The van der Waals surface area contributed by atoms with Gasteiger partial charge < -0.3 is 20.3 Å². The van der Waals surface area contributed by atoms with E-state index in [9.17, 15) is 19.8 Å². The van der Waals surface area contributed by atoms with Crippen molar-refractivity contribution in [1.82, 2.24) is 5.32 Å². The molecule has 0 aromatic carbocycles. The molecule has 0 aliphatic rings. The molecule has 2 unspecified atom stereocenters. The topological polar surface area (TPSA) is 95.9 Å². The zero-order valence-corrected chi connectivity index (χ0v) is 43.7. The molecule has 6 nitrogen and oxygen atoms in total. The quantitative estimate of drug-likeness (QED) is 0.0321. The van der Waals surface area contributed by atoms with Crippen LogP contribution in [0.15, 0.2) is 24.3 Å². The predicted octanol–water partition coefficient (Wildman–Crippen LogP) is 17.9. The fourth-order valence-electron chi connectivity index (χ4n) is 9.02. The number of hydrogen-bond donors (Lipinski definition) is 3. The minimum atomic E-state index is -0.674. The number of allylic oxidation sites excluding steroid dienone is 4. The van der Waals surface area contributed by atoms with Gasteiger partial charge in [-0.25, -0.2) is 0 Å². The number of hydrogen-bond acceptors (Lipinski definition) is 5. The first-order valence-corrected chi connectivity index (χ1v) is 29.1. The van der Waals surface area contributed by atoms with Gasteiger partial charge in [0.2, 0.25) is 5.91 Å². The minimum absolute atomic E-state index is 0.0187. The number of carbonyl (C=O) groups is 2. The van der Waals surface area contributed by atoms with E-state index >= 15 is 0 Å². The second-order valence-corrected chi connectivity index (χ2v) is 20.0. The van der Waals surface area contributed by atoms with Crippen LogP contribution in [0, 0.1) is 0 Å². The Morgan fingerprint density at radius 3 is 1.20 bits per heavy atom. The monoisotopic (exact) mass is 916 g/mol. The summed E-state index contributed by atoms with van der Waals surface area (Å²) in [6, 6.07) is -0.552. The lowest BCUT2D eigenvalue weighted by atomic mass is 10.0. The Hall–Kier alpha value is -1.66. The van der Waals surface area contributed by atoms with Gasteiger partial charge in [0.15, 0.2) is 0 Å². The molecule has 0 spiro atoms. The highest BCUT2D eigenvalue weighted by Crippen LogP contribution is 2.17. The zero-order chi connectivity index (χ0) is 47.2. The third-order valence-electron chi connectivity index (χ3n) is 13.5. The molecule has 0 saturated carbocycles. The average Bonchev–Trinajstić information content (AvgIpc) is 3.31. The Bertz CT molecular complexity index is 1010. The van der Waals surface area contributed by atoms with Crippen molar-refractivity contribution in [3.05, 3.63) is 24.3 Å². The van der Waals surface area contributed by atoms with Gasteiger partial charge in [0, 0.05) is 12.8 Å². The number of amides is 1. The van der Waals surface area contributed by atoms with E-state index in [-0.39, 0.29) is 18.5 Å². The number of unbranched alkanes of at least 4 members (excludes halogenated alkanes) is 39. The van der Waals surface area contributed by atoms with Crippen LogP contribution in [0.25, 0.3) is 0 Å². The molecule has 6 heteroatoms. The van der Waals surface area contributed by atoms with E-state index in [1.165, 1.54) is 225 Å². The van der Waals surface area contributed by atoms with Gasteiger partial charge in [-0.15, -0.1) is 0 Å². The molecule has 2 atom stereocenters. The number of esters is 1. The number of ether oxygens (including phenoxy) is 1. The first-order chi connectivity index (χ1) is 32.0. The highest BCUT2D eigenvalue weighted by Gasteiger charge is 2.20. The van der Waals surface area contributed by atoms with Crippen LogP contribution < -0.4 is 5.32 Å². The predicted molar refractivity (Wildman–Crippen MR) is 283 cm³/mol. The van der Waals surface area contributed by atoms with Gasteiger partial charge in [-0.2, -0.15) is 0 Å². The highest BCUT2D eigenvalue weighted by molar-refractivity contribution is 5.76. The van der Waals surface area contributed by atoms with E-state index in [2.05, 4.69) is 43.5 Å². The zero-order valence-electron chi connectivity index (χ0n) is 43.7. The lowest BCUT2D eigenvalue weighted by Gasteiger charge is -2.22. The number of rotatable bonds is 54. The van der Waals surface area contributed by atoms with Crippen LogP contribution in [0.5, 0.6) is 0 Å². The molecular formula is C59H113NO5. The van der Waals surface area contributed by atoms with Crippen molar-refractivity contribution < 1.29 is 24.5 Å². The van der Waals surface area contributed by atoms with Crippen LogP contribution in [0.4, 0.5) is 0 Å². The fourth-order valence-corrected chi connectivity index (χ4v) is 9.02. The van der Waals surface area contributed by atoms with Crippen molar-refractivity contribution in [1.29, 1.82) is 0 Å². The Morgan fingerprint density at radius 1 is 0.431 bits per heavy atom. The molecule has 384 valence electrons. The van der Waals surface area contributed by atoms with Gasteiger partial charge in [-0.1, -0.05) is 269 Å². The number of aliphatic hydroxyl groups is 2. The molecule has 0 rings (SSSR count). The first-order valence-electron chi connectivity index (χ1n) is 29.1. The fraction of sp³-hybridized carbons (Fsp3) is 0.898. The highest BCUT2D eigenvalue weighted by atomic mass is 16.5. The van der Waals surface area contributed by atoms with Crippen molar-refractivity contribution in [2.45, 2.75) is 328 Å². The van der Waals surface area contributed by atoms with Crippen LogP contribution in [-0.4, -0.2) is 47.4 Å². The summed E-state index contributed by atoms with van der Waals surface area (Å²) < 4.78 is 5.46. The van der Waals surface area contributed by atoms with Crippen molar-refractivity contribution in [3.63, 3.8) is 0 Å². The number of nitrogens with one attached hydrogen (secondary N) is 1.